The number of rotatable bonds is 5. The topological polar surface area (TPSA) is 93.8 Å². The molecule has 0 radical (unpaired) electrons. The lowest BCUT2D eigenvalue weighted by molar-refractivity contribution is -0.220. The van der Waals surface area contributed by atoms with Crippen LogP contribution in [0.3, 0.4) is 0 Å². The van der Waals surface area contributed by atoms with Crippen molar-refractivity contribution in [3.8, 4) is 0 Å². The van der Waals surface area contributed by atoms with Crippen molar-refractivity contribution < 1.29 is 10.2 Å². The molecule has 2 N–H and O–H groups in total. The fourth-order valence-electron chi connectivity index (χ4n) is 0.254. The quantitative estimate of drug-likeness (QED) is 0.370. The van der Waals surface area contributed by atoms with Gasteiger partial charge in [0, 0.05) is 10.5 Å². The van der Waals surface area contributed by atoms with Gasteiger partial charge in [-0.2, -0.15) is 0 Å². The monoisotopic (exact) mass is 206 g/mol. The standard InChI is InChI=1S/C6H12N2O2S2/c1-3(5(7)9)11-12-4(2)6(8)10/h3-4H,1-2H3,(H2,7,9)(H2,8,10)/p-2. The summed E-state index contributed by atoms with van der Waals surface area (Å²) in [6, 6.07) is 0. The zero-order chi connectivity index (χ0) is 9.72. The van der Waals surface area contributed by atoms with Gasteiger partial charge in [-0.25, -0.2) is 0 Å². The van der Waals surface area contributed by atoms with Crippen LogP contribution < -0.4 is 10.2 Å². The van der Waals surface area contributed by atoms with Gasteiger partial charge in [0.15, 0.2) is 0 Å². The maximum Gasteiger partial charge on any atom is 0.0397 e. The van der Waals surface area contributed by atoms with Crippen molar-refractivity contribution in [2.75, 3.05) is 0 Å². The summed E-state index contributed by atoms with van der Waals surface area (Å²) in [5.41, 5.74) is 0. The molecule has 2 unspecified atom stereocenters. The van der Waals surface area contributed by atoms with Crippen molar-refractivity contribution in [3.63, 3.8) is 0 Å². The Hall–Kier alpha value is -0.360. The first kappa shape index (κ1) is 11.6. The molecule has 0 aromatic heterocycles. The van der Waals surface area contributed by atoms with Gasteiger partial charge < -0.3 is 21.0 Å². The molecule has 4 nitrogen and oxygen atoms in total. The Bertz CT molecular complexity index is 166. The molecule has 0 amide bonds. The van der Waals surface area contributed by atoms with Gasteiger partial charge in [-0.1, -0.05) is 21.6 Å². The molecule has 0 aromatic rings. The molecule has 0 spiro atoms. The molecular formula is C6H10N2O2S2-2. The molecule has 0 bridgehead atoms. The second-order valence-electron chi connectivity index (χ2n) is 2.21. The first-order chi connectivity index (χ1) is 5.45. The molecule has 0 aromatic carbocycles. The lowest BCUT2D eigenvalue weighted by Gasteiger charge is -2.20. The van der Waals surface area contributed by atoms with E-state index in [0.717, 1.165) is 21.6 Å². The van der Waals surface area contributed by atoms with E-state index in [1.165, 1.54) is 0 Å². The van der Waals surface area contributed by atoms with Crippen LogP contribution in [-0.2, 0) is 0 Å². The largest absolute Gasteiger partial charge is 0.861 e. The molecule has 0 heterocycles. The van der Waals surface area contributed by atoms with E-state index in [2.05, 4.69) is 0 Å². The molecule has 0 fully saturated rings. The van der Waals surface area contributed by atoms with Crippen molar-refractivity contribution in [3.05, 3.63) is 0 Å². The summed E-state index contributed by atoms with van der Waals surface area (Å²) in [6.07, 6.45) is 0. The molecule has 0 saturated heterocycles. The summed E-state index contributed by atoms with van der Waals surface area (Å²) < 4.78 is 0. The third kappa shape index (κ3) is 4.50. The van der Waals surface area contributed by atoms with Gasteiger partial charge in [-0.05, 0) is 25.6 Å². The van der Waals surface area contributed by atoms with Gasteiger partial charge in [-0.3, -0.25) is 0 Å². The Morgan fingerprint density at radius 3 is 1.42 bits per heavy atom. The van der Waals surface area contributed by atoms with Crippen LogP contribution in [0.15, 0.2) is 0 Å². The predicted molar refractivity (Wildman–Crippen MR) is 49.6 cm³/mol. The highest BCUT2D eigenvalue weighted by Crippen LogP contribution is 2.30. The molecule has 0 rings (SSSR count). The highest BCUT2D eigenvalue weighted by Gasteiger charge is 2.06. The van der Waals surface area contributed by atoms with Gasteiger partial charge in [0.05, 0.1) is 0 Å². The molecule has 70 valence electrons. The van der Waals surface area contributed by atoms with Crippen LogP contribution in [0.4, 0.5) is 0 Å². The molecule has 2 atom stereocenters. The summed E-state index contributed by atoms with van der Waals surface area (Å²) in [5.74, 6) is -1.31. The summed E-state index contributed by atoms with van der Waals surface area (Å²) in [5, 5.41) is 33.4. The minimum atomic E-state index is -0.655. The Labute approximate surface area is 79.2 Å². The van der Waals surface area contributed by atoms with Gasteiger partial charge in [0.2, 0.25) is 0 Å². The normalized spacial score (nSPS) is 15.2. The van der Waals surface area contributed by atoms with E-state index in [-0.39, 0.29) is 0 Å². The smallest absolute Gasteiger partial charge is 0.0397 e. The first-order valence-corrected chi connectivity index (χ1v) is 5.55. The van der Waals surface area contributed by atoms with Crippen LogP contribution in [0.1, 0.15) is 13.8 Å². The SMILES string of the molecule is CC(SSC(C)C(=N)[O-])C(=N)[O-]. The maximum absolute atomic E-state index is 10.4. The zero-order valence-corrected chi connectivity index (χ0v) is 8.42. The van der Waals surface area contributed by atoms with Crippen LogP contribution in [0, 0.1) is 10.8 Å². The minimum absolute atomic E-state index is 0.434. The Morgan fingerprint density at radius 2 is 1.25 bits per heavy atom. The second kappa shape index (κ2) is 5.31. The zero-order valence-electron chi connectivity index (χ0n) is 6.79. The highest BCUT2D eigenvalue weighted by atomic mass is 33.1. The molecule has 12 heavy (non-hydrogen) atoms. The van der Waals surface area contributed by atoms with Gasteiger partial charge in [0.1, 0.15) is 0 Å². The molecule has 0 aliphatic heterocycles. The van der Waals surface area contributed by atoms with Crippen molar-refractivity contribution in [2.45, 2.75) is 24.3 Å². The van der Waals surface area contributed by atoms with E-state index >= 15 is 0 Å². The summed E-state index contributed by atoms with van der Waals surface area (Å²) in [7, 11) is 2.32. The fraction of sp³-hybridized carbons (Fsp3) is 0.667. The van der Waals surface area contributed by atoms with E-state index in [9.17, 15) is 10.2 Å². The highest BCUT2D eigenvalue weighted by molar-refractivity contribution is 8.77. The van der Waals surface area contributed by atoms with Crippen molar-refractivity contribution in [2.24, 2.45) is 0 Å². The van der Waals surface area contributed by atoms with Crippen LogP contribution in [0.5, 0.6) is 0 Å². The van der Waals surface area contributed by atoms with Crippen molar-refractivity contribution >= 4 is 33.4 Å². The third-order valence-electron chi connectivity index (χ3n) is 1.08. The average molecular weight is 206 g/mol. The molecular weight excluding hydrogens is 196 g/mol. The lowest BCUT2D eigenvalue weighted by atomic mass is 10.5. The third-order valence-corrected chi connectivity index (χ3v) is 4.26. The Kier molecular flexibility index (Phi) is 5.16. The number of hydrogen-bond donors (Lipinski definition) is 2. The van der Waals surface area contributed by atoms with Crippen LogP contribution in [0.25, 0.3) is 0 Å². The number of hydrogen-bond acceptors (Lipinski definition) is 6. The van der Waals surface area contributed by atoms with Crippen LogP contribution in [-0.4, -0.2) is 22.3 Å². The lowest BCUT2D eigenvalue weighted by Crippen LogP contribution is -2.28. The van der Waals surface area contributed by atoms with E-state index < -0.39 is 22.3 Å². The van der Waals surface area contributed by atoms with E-state index in [1.54, 1.807) is 13.8 Å². The summed E-state index contributed by atoms with van der Waals surface area (Å²) in [6.45, 7) is 3.21. The average Bonchev–Trinajstić information content (AvgIpc) is 1.98. The fourth-order valence-corrected chi connectivity index (χ4v) is 2.29. The second-order valence-corrected chi connectivity index (χ2v) is 5.16. The van der Waals surface area contributed by atoms with E-state index in [1.807, 2.05) is 0 Å². The van der Waals surface area contributed by atoms with Crippen molar-refractivity contribution in [1.29, 1.82) is 10.8 Å². The Morgan fingerprint density at radius 1 is 1.00 bits per heavy atom. The maximum atomic E-state index is 10.4. The first-order valence-electron chi connectivity index (χ1n) is 3.28. The van der Waals surface area contributed by atoms with E-state index in [0.29, 0.717) is 0 Å². The van der Waals surface area contributed by atoms with Gasteiger partial charge >= 0.3 is 0 Å². The molecule has 0 saturated carbocycles. The summed E-state index contributed by atoms with van der Waals surface area (Å²) >= 11 is 0. The van der Waals surface area contributed by atoms with Crippen LogP contribution >= 0.6 is 21.6 Å². The summed E-state index contributed by atoms with van der Waals surface area (Å²) in [4.78, 5) is 0. The van der Waals surface area contributed by atoms with E-state index in [4.69, 9.17) is 10.8 Å². The molecule has 0 aliphatic carbocycles. The van der Waals surface area contributed by atoms with Crippen molar-refractivity contribution in [1.82, 2.24) is 0 Å². The minimum Gasteiger partial charge on any atom is -0.861 e. The van der Waals surface area contributed by atoms with Crippen LogP contribution in [0.2, 0.25) is 0 Å². The molecule has 0 aliphatic rings. The predicted octanol–water partition coefficient (Wildman–Crippen LogP) is -0.180. The Balaban J connectivity index is 3.68. The molecule has 6 heteroatoms. The van der Waals surface area contributed by atoms with Gasteiger partial charge in [0.25, 0.3) is 0 Å². The van der Waals surface area contributed by atoms with Gasteiger partial charge in [-0.15, -0.1) is 0 Å². The number of nitrogens with one attached hydrogen (secondary N) is 2.